The zero-order chi connectivity index (χ0) is 11.1. The van der Waals surface area contributed by atoms with Gasteiger partial charge in [0.05, 0.1) is 5.69 Å². The highest BCUT2D eigenvalue weighted by Gasteiger charge is 2.10. The number of aryl methyl sites for hydroxylation is 1. The largest absolute Gasteiger partial charge is 0.290 e. The van der Waals surface area contributed by atoms with Crippen molar-refractivity contribution >= 4 is 16.3 Å². The summed E-state index contributed by atoms with van der Waals surface area (Å²) in [6.07, 6.45) is 3.70. The number of rotatable bonds is 1. The molecule has 0 saturated carbocycles. The van der Waals surface area contributed by atoms with Gasteiger partial charge in [0.1, 0.15) is 5.82 Å². The number of benzene rings is 1. The Morgan fingerprint density at radius 1 is 1.25 bits per heavy atom. The van der Waals surface area contributed by atoms with Crippen LogP contribution in [0.5, 0.6) is 0 Å². The number of thiazole rings is 1. The maximum atomic E-state index is 12.9. The summed E-state index contributed by atoms with van der Waals surface area (Å²) in [4.78, 5) is 6.41. The normalized spacial score (nSPS) is 11.1. The Balaban J connectivity index is 2.28. The van der Waals surface area contributed by atoms with Crippen molar-refractivity contribution < 1.29 is 4.39 Å². The van der Waals surface area contributed by atoms with Crippen LogP contribution in [0.3, 0.4) is 0 Å². The number of aromatic nitrogens is 2. The number of hydrogen-bond donors (Lipinski definition) is 0. The summed E-state index contributed by atoms with van der Waals surface area (Å²) < 4.78 is 14.9. The number of halogens is 1. The van der Waals surface area contributed by atoms with E-state index in [2.05, 4.69) is 11.9 Å². The smallest absolute Gasteiger partial charge is 0.194 e. The zero-order valence-electron chi connectivity index (χ0n) is 8.64. The average molecular weight is 232 g/mol. The van der Waals surface area contributed by atoms with Gasteiger partial charge < -0.3 is 0 Å². The second-order valence-corrected chi connectivity index (χ2v) is 4.78. The van der Waals surface area contributed by atoms with Gasteiger partial charge in [-0.1, -0.05) is 0 Å². The van der Waals surface area contributed by atoms with Gasteiger partial charge in [-0.2, -0.15) is 0 Å². The van der Waals surface area contributed by atoms with Crippen molar-refractivity contribution in [3.8, 4) is 11.3 Å². The first-order valence-electron chi connectivity index (χ1n) is 4.94. The van der Waals surface area contributed by atoms with Gasteiger partial charge in [-0.25, -0.2) is 9.37 Å². The molecular weight excluding hydrogens is 223 g/mol. The first kappa shape index (κ1) is 9.54. The predicted molar refractivity (Wildman–Crippen MR) is 63.2 cm³/mol. The second kappa shape index (κ2) is 3.42. The molecule has 0 spiro atoms. The van der Waals surface area contributed by atoms with Gasteiger partial charge in [0, 0.05) is 17.3 Å². The number of fused-ring (bicyclic) bond motifs is 1. The lowest BCUT2D eigenvalue weighted by atomic mass is 10.1. The molecule has 0 fully saturated rings. The molecule has 0 amide bonds. The number of nitrogens with zero attached hydrogens (tertiary/aromatic N) is 2. The van der Waals surface area contributed by atoms with Crippen molar-refractivity contribution in [3.05, 3.63) is 47.4 Å². The van der Waals surface area contributed by atoms with Gasteiger partial charge in [0.25, 0.3) is 0 Å². The van der Waals surface area contributed by atoms with Gasteiger partial charge in [-0.3, -0.25) is 4.40 Å². The minimum absolute atomic E-state index is 0.210. The van der Waals surface area contributed by atoms with E-state index in [1.165, 1.54) is 17.0 Å². The molecule has 0 saturated heterocycles. The summed E-state index contributed by atoms with van der Waals surface area (Å²) in [5.74, 6) is -0.210. The second-order valence-electron chi connectivity index (χ2n) is 3.59. The van der Waals surface area contributed by atoms with Crippen molar-refractivity contribution in [2.24, 2.45) is 0 Å². The lowest BCUT2D eigenvalue weighted by molar-refractivity contribution is 0.628. The summed E-state index contributed by atoms with van der Waals surface area (Å²) in [5.41, 5.74) is 2.11. The molecule has 16 heavy (non-hydrogen) atoms. The molecule has 0 atom stereocenters. The van der Waals surface area contributed by atoms with Crippen LogP contribution in [0, 0.1) is 12.7 Å². The van der Waals surface area contributed by atoms with Crippen molar-refractivity contribution in [1.82, 2.24) is 9.38 Å². The summed E-state index contributed by atoms with van der Waals surface area (Å²) >= 11 is 1.64. The zero-order valence-corrected chi connectivity index (χ0v) is 9.46. The SMILES string of the molecule is Cc1sc2nccn2c1-c1ccc(F)cc1. The fourth-order valence-electron chi connectivity index (χ4n) is 1.84. The average Bonchev–Trinajstić information content (AvgIpc) is 2.79. The molecule has 1 aromatic carbocycles. The Morgan fingerprint density at radius 3 is 2.75 bits per heavy atom. The molecule has 3 rings (SSSR count). The number of hydrogen-bond acceptors (Lipinski definition) is 2. The standard InChI is InChI=1S/C12H9FN2S/c1-8-11(9-2-4-10(13)5-3-9)15-7-6-14-12(15)16-8/h2-7H,1H3. The molecule has 0 N–H and O–H groups in total. The van der Waals surface area contributed by atoms with Gasteiger partial charge in [0.15, 0.2) is 4.96 Å². The maximum Gasteiger partial charge on any atom is 0.194 e. The molecule has 0 radical (unpaired) electrons. The molecular formula is C12H9FN2S. The molecule has 0 aliphatic heterocycles. The highest BCUT2D eigenvalue weighted by Crippen LogP contribution is 2.30. The van der Waals surface area contributed by atoms with E-state index in [0.29, 0.717) is 0 Å². The Morgan fingerprint density at radius 2 is 2.00 bits per heavy atom. The van der Waals surface area contributed by atoms with Crippen LogP contribution in [0.4, 0.5) is 4.39 Å². The lowest BCUT2D eigenvalue weighted by Crippen LogP contribution is -1.86. The molecule has 80 valence electrons. The van der Waals surface area contributed by atoms with Crippen LogP contribution in [-0.4, -0.2) is 9.38 Å². The van der Waals surface area contributed by atoms with E-state index in [9.17, 15) is 4.39 Å². The summed E-state index contributed by atoms with van der Waals surface area (Å²) in [6.45, 7) is 2.05. The summed E-state index contributed by atoms with van der Waals surface area (Å²) in [5, 5.41) is 0. The molecule has 0 aliphatic rings. The fourth-order valence-corrected chi connectivity index (χ4v) is 2.79. The topological polar surface area (TPSA) is 17.3 Å². The summed E-state index contributed by atoms with van der Waals surface area (Å²) in [6, 6.07) is 6.55. The van der Waals surface area contributed by atoms with E-state index >= 15 is 0 Å². The van der Waals surface area contributed by atoms with Crippen LogP contribution in [0.15, 0.2) is 36.7 Å². The fraction of sp³-hybridized carbons (Fsp3) is 0.0833. The van der Waals surface area contributed by atoms with Crippen LogP contribution in [-0.2, 0) is 0 Å². The van der Waals surface area contributed by atoms with Gasteiger partial charge in [0.2, 0.25) is 0 Å². The molecule has 4 heteroatoms. The predicted octanol–water partition coefficient (Wildman–Crippen LogP) is 3.51. The van der Waals surface area contributed by atoms with Crippen molar-refractivity contribution in [2.75, 3.05) is 0 Å². The van der Waals surface area contributed by atoms with E-state index in [0.717, 1.165) is 16.2 Å². The first-order valence-corrected chi connectivity index (χ1v) is 5.76. The molecule has 3 aromatic rings. The molecule has 0 aliphatic carbocycles. The molecule has 2 heterocycles. The molecule has 0 unspecified atom stereocenters. The molecule has 2 nitrogen and oxygen atoms in total. The van der Waals surface area contributed by atoms with Crippen LogP contribution >= 0.6 is 11.3 Å². The van der Waals surface area contributed by atoms with Crippen molar-refractivity contribution in [2.45, 2.75) is 6.92 Å². The van der Waals surface area contributed by atoms with E-state index < -0.39 is 0 Å². The van der Waals surface area contributed by atoms with E-state index in [4.69, 9.17) is 0 Å². The maximum absolute atomic E-state index is 12.9. The minimum atomic E-state index is -0.210. The van der Waals surface area contributed by atoms with Crippen LogP contribution < -0.4 is 0 Å². The van der Waals surface area contributed by atoms with Gasteiger partial charge >= 0.3 is 0 Å². The minimum Gasteiger partial charge on any atom is -0.290 e. The van der Waals surface area contributed by atoms with Crippen molar-refractivity contribution in [3.63, 3.8) is 0 Å². The monoisotopic (exact) mass is 232 g/mol. The third kappa shape index (κ3) is 1.34. The number of imidazole rings is 1. The van der Waals surface area contributed by atoms with Crippen LogP contribution in [0.2, 0.25) is 0 Å². The quantitative estimate of drug-likeness (QED) is 0.627. The van der Waals surface area contributed by atoms with E-state index in [1.54, 1.807) is 29.7 Å². The third-order valence-electron chi connectivity index (χ3n) is 2.54. The first-order chi connectivity index (χ1) is 7.75. The molecule has 0 bridgehead atoms. The van der Waals surface area contributed by atoms with Crippen LogP contribution in [0.1, 0.15) is 4.88 Å². The molecule has 2 aromatic heterocycles. The Kier molecular flexibility index (Phi) is 2.04. The van der Waals surface area contributed by atoms with Gasteiger partial charge in [-0.15, -0.1) is 11.3 Å². The highest BCUT2D eigenvalue weighted by atomic mass is 32.1. The Bertz CT molecular complexity index is 637. The Labute approximate surface area is 96.0 Å². The Hall–Kier alpha value is -1.68. The van der Waals surface area contributed by atoms with E-state index in [1.807, 2.05) is 10.6 Å². The lowest BCUT2D eigenvalue weighted by Gasteiger charge is -2.01. The van der Waals surface area contributed by atoms with Crippen LogP contribution in [0.25, 0.3) is 16.2 Å². The summed E-state index contributed by atoms with van der Waals surface area (Å²) in [7, 11) is 0. The highest BCUT2D eigenvalue weighted by molar-refractivity contribution is 7.17. The van der Waals surface area contributed by atoms with Crippen molar-refractivity contribution in [1.29, 1.82) is 0 Å². The van der Waals surface area contributed by atoms with E-state index in [-0.39, 0.29) is 5.82 Å². The third-order valence-corrected chi connectivity index (χ3v) is 3.53. The van der Waals surface area contributed by atoms with Gasteiger partial charge in [-0.05, 0) is 36.8 Å².